The van der Waals surface area contributed by atoms with Crippen LogP contribution in [0.15, 0.2) is 45.3 Å². The maximum absolute atomic E-state index is 12.3. The number of H-pyrrole nitrogens is 2. The van der Waals surface area contributed by atoms with Crippen LogP contribution in [0.1, 0.15) is 29.3 Å². The first kappa shape index (κ1) is 18.4. The van der Waals surface area contributed by atoms with Crippen molar-refractivity contribution in [1.29, 1.82) is 0 Å². The van der Waals surface area contributed by atoms with Crippen molar-refractivity contribution in [3.63, 3.8) is 0 Å². The summed E-state index contributed by atoms with van der Waals surface area (Å²) >= 11 is 0. The lowest BCUT2D eigenvalue weighted by Gasteiger charge is -2.14. The van der Waals surface area contributed by atoms with E-state index in [1.807, 2.05) is 26.0 Å². The molecular formula is C19H21N5O3. The Morgan fingerprint density at radius 1 is 1.30 bits per heavy atom. The second-order valence-corrected chi connectivity index (χ2v) is 6.38. The second-order valence-electron chi connectivity index (χ2n) is 6.38. The van der Waals surface area contributed by atoms with Crippen molar-refractivity contribution in [2.75, 3.05) is 6.54 Å². The molecule has 0 aliphatic rings. The predicted molar refractivity (Wildman–Crippen MR) is 103 cm³/mol. The van der Waals surface area contributed by atoms with Gasteiger partial charge in [-0.05, 0) is 32.4 Å². The molecular weight excluding hydrogens is 346 g/mol. The summed E-state index contributed by atoms with van der Waals surface area (Å²) in [7, 11) is 0. The molecule has 0 atom stereocenters. The van der Waals surface area contributed by atoms with E-state index in [1.54, 1.807) is 25.5 Å². The lowest BCUT2D eigenvalue weighted by atomic mass is 10.1. The van der Waals surface area contributed by atoms with E-state index in [9.17, 15) is 14.7 Å². The van der Waals surface area contributed by atoms with Gasteiger partial charge in [-0.2, -0.15) is 0 Å². The van der Waals surface area contributed by atoms with E-state index in [0.29, 0.717) is 24.4 Å². The van der Waals surface area contributed by atoms with Crippen molar-refractivity contribution in [3.05, 3.63) is 73.9 Å². The van der Waals surface area contributed by atoms with Crippen LogP contribution in [0.25, 0.3) is 5.69 Å². The molecule has 27 heavy (non-hydrogen) atoms. The van der Waals surface area contributed by atoms with Crippen LogP contribution in [0.4, 0.5) is 0 Å². The number of rotatable bonds is 5. The Kier molecular flexibility index (Phi) is 5.07. The lowest BCUT2D eigenvalue weighted by molar-refractivity contribution is 0.429. The number of aromatic hydroxyl groups is 1. The van der Waals surface area contributed by atoms with E-state index in [4.69, 9.17) is 0 Å². The van der Waals surface area contributed by atoms with Crippen molar-refractivity contribution >= 4 is 5.71 Å². The van der Waals surface area contributed by atoms with E-state index in [-0.39, 0.29) is 5.56 Å². The third-order valence-electron chi connectivity index (χ3n) is 4.33. The maximum Gasteiger partial charge on any atom is 0.335 e. The van der Waals surface area contributed by atoms with Gasteiger partial charge in [-0.3, -0.25) is 14.8 Å². The van der Waals surface area contributed by atoms with Crippen LogP contribution >= 0.6 is 0 Å². The van der Waals surface area contributed by atoms with Gasteiger partial charge in [-0.15, -0.1) is 0 Å². The van der Waals surface area contributed by atoms with Gasteiger partial charge in [0.25, 0.3) is 5.56 Å². The Balaban J connectivity index is 2.03. The number of hydrogen-bond acceptors (Lipinski definition) is 5. The highest BCUT2D eigenvalue weighted by atomic mass is 16.3. The summed E-state index contributed by atoms with van der Waals surface area (Å²) in [6, 6.07) is 5.47. The molecule has 8 nitrogen and oxygen atoms in total. The van der Waals surface area contributed by atoms with Gasteiger partial charge in [-0.25, -0.2) is 14.3 Å². The molecule has 3 N–H and O–H groups in total. The van der Waals surface area contributed by atoms with E-state index in [2.05, 4.69) is 19.9 Å². The van der Waals surface area contributed by atoms with Gasteiger partial charge >= 0.3 is 5.69 Å². The van der Waals surface area contributed by atoms with Crippen molar-refractivity contribution in [1.82, 2.24) is 19.5 Å². The number of aliphatic imine (C=N–C) groups is 1. The zero-order chi connectivity index (χ0) is 19.6. The van der Waals surface area contributed by atoms with Gasteiger partial charge in [0.1, 0.15) is 5.56 Å². The van der Waals surface area contributed by atoms with E-state index >= 15 is 0 Å². The summed E-state index contributed by atoms with van der Waals surface area (Å²) in [5.41, 5.74) is 2.24. The highest BCUT2D eigenvalue weighted by molar-refractivity contribution is 6.00. The largest absolute Gasteiger partial charge is 0.493 e. The summed E-state index contributed by atoms with van der Waals surface area (Å²) in [6.45, 7) is 5.82. The topological polar surface area (TPSA) is 116 Å². The first-order chi connectivity index (χ1) is 12.9. The molecule has 0 spiro atoms. The number of benzene rings is 1. The predicted octanol–water partition coefficient (Wildman–Crippen LogP) is 1.62. The molecule has 0 radical (unpaired) electrons. The molecule has 0 saturated carbocycles. The van der Waals surface area contributed by atoms with Crippen LogP contribution in [0, 0.1) is 13.8 Å². The summed E-state index contributed by atoms with van der Waals surface area (Å²) in [6.07, 6.45) is 3.91. The molecule has 3 rings (SSSR count). The number of hydrogen-bond donors (Lipinski definition) is 3. The van der Waals surface area contributed by atoms with Gasteiger partial charge in [0, 0.05) is 30.6 Å². The molecule has 0 saturated heterocycles. The van der Waals surface area contributed by atoms with E-state index in [1.165, 1.54) is 0 Å². The fourth-order valence-electron chi connectivity index (χ4n) is 2.98. The van der Waals surface area contributed by atoms with Crippen molar-refractivity contribution in [2.24, 2.45) is 4.99 Å². The Morgan fingerprint density at radius 2 is 2.07 bits per heavy atom. The van der Waals surface area contributed by atoms with Gasteiger partial charge in [0.15, 0.2) is 0 Å². The van der Waals surface area contributed by atoms with Crippen molar-refractivity contribution in [2.45, 2.75) is 27.2 Å². The quantitative estimate of drug-likeness (QED) is 0.594. The molecule has 0 unspecified atom stereocenters. The molecule has 0 aliphatic carbocycles. The first-order valence-corrected chi connectivity index (χ1v) is 8.53. The molecule has 3 aromatic rings. The Bertz CT molecular complexity index is 1110. The van der Waals surface area contributed by atoms with Gasteiger partial charge < -0.3 is 10.1 Å². The Morgan fingerprint density at radius 3 is 2.74 bits per heavy atom. The fraction of sp³-hybridized carbons (Fsp3) is 0.263. The van der Waals surface area contributed by atoms with Gasteiger partial charge in [0.2, 0.25) is 5.88 Å². The number of aromatic amines is 2. The highest BCUT2D eigenvalue weighted by Crippen LogP contribution is 2.21. The summed E-state index contributed by atoms with van der Waals surface area (Å²) in [4.78, 5) is 38.2. The molecule has 0 amide bonds. The normalized spacial score (nSPS) is 11.7. The van der Waals surface area contributed by atoms with Crippen LogP contribution in [-0.4, -0.2) is 36.9 Å². The van der Waals surface area contributed by atoms with Gasteiger partial charge in [-0.1, -0.05) is 17.7 Å². The minimum Gasteiger partial charge on any atom is -0.493 e. The van der Waals surface area contributed by atoms with Crippen LogP contribution in [0.5, 0.6) is 5.88 Å². The number of imidazole rings is 1. The summed E-state index contributed by atoms with van der Waals surface area (Å²) < 4.78 is 1.10. The van der Waals surface area contributed by atoms with Crippen LogP contribution < -0.4 is 11.2 Å². The molecule has 0 fully saturated rings. The lowest BCUT2D eigenvalue weighted by Crippen LogP contribution is -2.33. The highest BCUT2D eigenvalue weighted by Gasteiger charge is 2.18. The van der Waals surface area contributed by atoms with Gasteiger partial charge in [0.05, 0.1) is 12.0 Å². The number of nitrogens with one attached hydrogen (secondary N) is 2. The average molecular weight is 367 g/mol. The third-order valence-corrected chi connectivity index (χ3v) is 4.33. The standard InChI is InChI=1S/C19H21N5O3/c1-11-4-5-15(12(2)8-11)24-18(26)16(17(25)23-19(24)27)13(3)21-7-6-14-9-20-10-22-14/h4-5,8-10,26H,6-7H2,1-3H3,(H,20,22)(H,23,25,27). The summed E-state index contributed by atoms with van der Waals surface area (Å²) in [5.74, 6) is -0.418. The zero-order valence-electron chi connectivity index (χ0n) is 15.4. The Labute approximate surface area is 155 Å². The Hall–Kier alpha value is -3.42. The van der Waals surface area contributed by atoms with Crippen molar-refractivity contribution in [3.8, 4) is 11.6 Å². The molecule has 0 bridgehead atoms. The SMILES string of the molecule is CC(=NCCc1cnc[nH]1)c1c(O)n(-c2ccc(C)cc2C)c(=O)[nH]c1=O. The van der Waals surface area contributed by atoms with E-state index in [0.717, 1.165) is 21.4 Å². The van der Waals surface area contributed by atoms with Crippen LogP contribution in [0.2, 0.25) is 0 Å². The molecule has 8 heteroatoms. The number of nitrogens with zero attached hydrogens (tertiary/aromatic N) is 3. The first-order valence-electron chi connectivity index (χ1n) is 8.53. The van der Waals surface area contributed by atoms with Crippen LogP contribution in [0.3, 0.4) is 0 Å². The molecule has 2 aromatic heterocycles. The molecule has 140 valence electrons. The number of aromatic nitrogens is 4. The van der Waals surface area contributed by atoms with Crippen molar-refractivity contribution < 1.29 is 5.11 Å². The minimum atomic E-state index is -0.696. The smallest absolute Gasteiger partial charge is 0.335 e. The van der Waals surface area contributed by atoms with E-state index < -0.39 is 17.1 Å². The molecule has 0 aliphatic heterocycles. The number of aryl methyl sites for hydroxylation is 2. The average Bonchev–Trinajstić information content (AvgIpc) is 3.09. The second kappa shape index (κ2) is 7.45. The monoisotopic (exact) mass is 367 g/mol. The minimum absolute atomic E-state index is 0.0146. The molecule has 1 aromatic carbocycles. The fourth-order valence-corrected chi connectivity index (χ4v) is 2.98. The molecule has 2 heterocycles. The third kappa shape index (κ3) is 3.74. The van der Waals surface area contributed by atoms with Crippen LogP contribution in [-0.2, 0) is 6.42 Å². The zero-order valence-corrected chi connectivity index (χ0v) is 15.4. The maximum atomic E-state index is 12.3. The summed E-state index contributed by atoms with van der Waals surface area (Å²) in [5, 5.41) is 10.7.